The minimum Gasteiger partial charge on any atom is -0.376 e. The Morgan fingerprint density at radius 1 is 1.53 bits per heavy atom. The predicted molar refractivity (Wildman–Crippen MR) is 68.0 cm³/mol. The van der Waals surface area contributed by atoms with E-state index in [2.05, 4.69) is 14.9 Å². The van der Waals surface area contributed by atoms with Gasteiger partial charge in [-0.15, -0.1) is 0 Å². The average Bonchev–Trinajstić information content (AvgIpc) is 2.33. The van der Waals surface area contributed by atoms with Crippen molar-refractivity contribution in [2.45, 2.75) is 32.3 Å². The molecule has 1 aromatic heterocycles. The lowest BCUT2D eigenvalue weighted by molar-refractivity contribution is 0.0215. The molecule has 0 amide bonds. The van der Waals surface area contributed by atoms with Crippen molar-refractivity contribution in [2.24, 2.45) is 0 Å². The summed E-state index contributed by atoms with van der Waals surface area (Å²) in [7, 11) is 2.02. The second-order valence-electron chi connectivity index (χ2n) is 4.60. The molecule has 0 spiro atoms. The molecule has 0 saturated carbocycles. The second-order valence-corrected chi connectivity index (χ2v) is 4.60. The first-order chi connectivity index (χ1) is 8.16. The van der Waals surface area contributed by atoms with E-state index in [1.165, 1.54) is 12.8 Å². The molecule has 1 atom stereocenters. The van der Waals surface area contributed by atoms with Crippen molar-refractivity contribution in [2.75, 3.05) is 30.8 Å². The van der Waals surface area contributed by atoms with Crippen LogP contribution in [0.4, 0.5) is 11.8 Å². The molecule has 1 unspecified atom stereocenters. The Bertz CT molecular complexity index is 377. The quantitative estimate of drug-likeness (QED) is 0.858. The van der Waals surface area contributed by atoms with Gasteiger partial charge in [0.05, 0.1) is 6.10 Å². The molecule has 1 aliphatic rings. The topological polar surface area (TPSA) is 64.3 Å². The maximum Gasteiger partial charge on any atom is 0.221 e. The zero-order valence-corrected chi connectivity index (χ0v) is 10.5. The van der Waals surface area contributed by atoms with E-state index in [-0.39, 0.29) is 0 Å². The standard InChI is InChI=1S/C12H20N4O/c1-9-7-14-12(13)15-11(9)16(2)8-10-5-3-4-6-17-10/h7,10H,3-6,8H2,1-2H3,(H2,13,14,15). The lowest BCUT2D eigenvalue weighted by Gasteiger charge is -2.28. The summed E-state index contributed by atoms with van der Waals surface area (Å²) in [5, 5.41) is 0. The van der Waals surface area contributed by atoms with Gasteiger partial charge in [0.2, 0.25) is 5.95 Å². The first-order valence-electron chi connectivity index (χ1n) is 6.08. The van der Waals surface area contributed by atoms with Crippen molar-refractivity contribution < 1.29 is 4.74 Å². The SMILES string of the molecule is Cc1cnc(N)nc1N(C)CC1CCCCO1. The van der Waals surface area contributed by atoms with Crippen LogP contribution in [0.5, 0.6) is 0 Å². The average molecular weight is 236 g/mol. The summed E-state index contributed by atoms with van der Waals surface area (Å²) in [6, 6.07) is 0. The van der Waals surface area contributed by atoms with Crippen LogP contribution >= 0.6 is 0 Å². The van der Waals surface area contributed by atoms with E-state index in [0.717, 1.165) is 31.0 Å². The Hall–Kier alpha value is -1.36. The van der Waals surface area contributed by atoms with E-state index in [9.17, 15) is 0 Å². The highest BCUT2D eigenvalue weighted by molar-refractivity contribution is 5.47. The van der Waals surface area contributed by atoms with Gasteiger partial charge in [-0.3, -0.25) is 0 Å². The molecule has 1 saturated heterocycles. The molecule has 2 N–H and O–H groups in total. The molecule has 1 fully saturated rings. The van der Waals surface area contributed by atoms with E-state index < -0.39 is 0 Å². The summed E-state index contributed by atoms with van der Waals surface area (Å²) < 4.78 is 5.72. The van der Waals surface area contributed by atoms with Crippen LogP contribution in [0.1, 0.15) is 24.8 Å². The zero-order chi connectivity index (χ0) is 12.3. The Morgan fingerprint density at radius 3 is 3.06 bits per heavy atom. The number of ether oxygens (including phenoxy) is 1. The number of rotatable bonds is 3. The zero-order valence-electron chi connectivity index (χ0n) is 10.5. The number of likely N-dealkylation sites (N-methyl/N-ethyl adjacent to an activating group) is 1. The molecule has 0 bridgehead atoms. The third kappa shape index (κ3) is 3.06. The third-order valence-corrected chi connectivity index (χ3v) is 3.08. The smallest absolute Gasteiger partial charge is 0.221 e. The maximum absolute atomic E-state index is 5.72. The summed E-state index contributed by atoms with van der Waals surface area (Å²) in [5.41, 5.74) is 6.66. The van der Waals surface area contributed by atoms with Gasteiger partial charge in [0.15, 0.2) is 0 Å². The molecule has 1 aliphatic heterocycles. The van der Waals surface area contributed by atoms with Crippen molar-refractivity contribution in [3.8, 4) is 0 Å². The van der Waals surface area contributed by atoms with Crippen LogP contribution in [0.15, 0.2) is 6.20 Å². The van der Waals surface area contributed by atoms with Gasteiger partial charge in [0.25, 0.3) is 0 Å². The molecular formula is C12H20N4O. The summed E-state index contributed by atoms with van der Waals surface area (Å²) in [6.07, 6.45) is 5.63. The Balaban J connectivity index is 2.02. The van der Waals surface area contributed by atoms with Crippen LogP contribution < -0.4 is 10.6 Å². The van der Waals surface area contributed by atoms with Crippen LogP contribution in [-0.2, 0) is 4.74 Å². The van der Waals surface area contributed by atoms with Gasteiger partial charge < -0.3 is 15.4 Å². The highest BCUT2D eigenvalue weighted by Crippen LogP contribution is 2.19. The van der Waals surface area contributed by atoms with Crippen LogP contribution in [0.25, 0.3) is 0 Å². The number of hydrogen-bond donors (Lipinski definition) is 1. The molecule has 2 rings (SSSR count). The monoisotopic (exact) mass is 236 g/mol. The minimum atomic E-state index is 0.310. The van der Waals surface area contributed by atoms with Crippen LogP contribution in [0.3, 0.4) is 0 Å². The molecule has 17 heavy (non-hydrogen) atoms. The Kier molecular flexibility index (Phi) is 3.78. The fraction of sp³-hybridized carbons (Fsp3) is 0.667. The molecule has 5 nitrogen and oxygen atoms in total. The van der Waals surface area contributed by atoms with Gasteiger partial charge in [-0.1, -0.05) is 0 Å². The number of nitrogens with zero attached hydrogens (tertiary/aromatic N) is 3. The number of hydrogen-bond acceptors (Lipinski definition) is 5. The van der Waals surface area contributed by atoms with Crippen LogP contribution in [-0.4, -0.2) is 36.3 Å². The van der Waals surface area contributed by atoms with Crippen molar-refractivity contribution in [3.05, 3.63) is 11.8 Å². The lowest BCUT2D eigenvalue weighted by atomic mass is 10.1. The maximum atomic E-state index is 5.72. The van der Waals surface area contributed by atoms with Gasteiger partial charge in [0, 0.05) is 32.0 Å². The lowest BCUT2D eigenvalue weighted by Crippen LogP contribution is -2.34. The first-order valence-corrected chi connectivity index (χ1v) is 6.08. The third-order valence-electron chi connectivity index (χ3n) is 3.08. The summed E-state index contributed by atoms with van der Waals surface area (Å²) >= 11 is 0. The molecular weight excluding hydrogens is 216 g/mol. The first kappa shape index (κ1) is 12.1. The molecule has 1 aromatic rings. The van der Waals surface area contributed by atoms with Crippen molar-refractivity contribution in [3.63, 3.8) is 0 Å². The molecule has 94 valence electrons. The number of aryl methyl sites for hydroxylation is 1. The van der Waals surface area contributed by atoms with Crippen molar-refractivity contribution in [1.29, 1.82) is 0 Å². The fourth-order valence-electron chi connectivity index (χ4n) is 2.18. The Labute approximate surface area is 102 Å². The molecule has 5 heteroatoms. The van der Waals surface area contributed by atoms with Crippen molar-refractivity contribution >= 4 is 11.8 Å². The fourth-order valence-corrected chi connectivity index (χ4v) is 2.18. The number of anilines is 2. The number of aromatic nitrogens is 2. The molecule has 0 aliphatic carbocycles. The highest BCUT2D eigenvalue weighted by atomic mass is 16.5. The number of nitrogen functional groups attached to an aromatic ring is 1. The largest absolute Gasteiger partial charge is 0.376 e. The van der Waals surface area contributed by atoms with E-state index in [1.807, 2.05) is 14.0 Å². The Morgan fingerprint density at radius 2 is 2.35 bits per heavy atom. The number of nitrogens with two attached hydrogens (primary N) is 1. The van der Waals surface area contributed by atoms with E-state index in [4.69, 9.17) is 10.5 Å². The molecule has 0 radical (unpaired) electrons. The van der Waals surface area contributed by atoms with Crippen molar-refractivity contribution in [1.82, 2.24) is 9.97 Å². The predicted octanol–water partition coefficient (Wildman–Crippen LogP) is 1.37. The van der Waals surface area contributed by atoms with Crippen LogP contribution in [0, 0.1) is 6.92 Å². The van der Waals surface area contributed by atoms with Gasteiger partial charge in [-0.25, -0.2) is 4.98 Å². The normalized spacial score (nSPS) is 20.2. The van der Waals surface area contributed by atoms with E-state index >= 15 is 0 Å². The summed E-state index contributed by atoms with van der Waals surface area (Å²) in [6.45, 7) is 3.73. The summed E-state index contributed by atoms with van der Waals surface area (Å²) in [4.78, 5) is 10.4. The van der Waals surface area contributed by atoms with Gasteiger partial charge in [0.1, 0.15) is 5.82 Å². The molecule has 2 heterocycles. The summed E-state index contributed by atoms with van der Waals surface area (Å²) in [5.74, 6) is 1.22. The minimum absolute atomic E-state index is 0.310. The van der Waals surface area contributed by atoms with Gasteiger partial charge >= 0.3 is 0 Å². The second kappa shape index (κ2) is 5.31. The van der Waals surface area contributed by atoms with Gasteiger partial charge in [-0.05, 0) is 26.2 Å². The van der Waals surface area contributed by atoms with Crippen LogP contribution in [0.2, 0.25) is 0 Å². The highest BCUT2D eigenvalue weighted by Gasteiger charge is 2.17. The van der Waals surface area contributed by atoms with E-state index in [1.54, 1.807) is 6.20 Å². The van der Waals surface area contributed by atoms with Gasteiger partial charge in [-0.2, -0.15) is 4.98 Å². The van der Waals surface area contributed by atoms with E-state index in [0.29, 0.717) is 12.1 Å². The molecule has 0 aromatic carbocycles.